The lowest BCUT2D eigenvalue weighted by Gasteiger charge is -2.29. The number of likely N-dealkylation sites (tertiary alicyclic amines) is 1. The van der Waals surface area contributed by atoms with Crippen molar-refractivity contribution >= 4 is 22.7 Å². The topological polar surface area (TPSA) is 102 Å². The summed E-state index contributed by atoms with van der Waals surface area (Å²) in [7, 11) is -1.31. The second-order valence-corrected chi connectivity index (χ2v) is 9.79. The van der Waals surface area contributed by atoms with Crippen LogP contribution in [0.3, 0.4) is 0 Å². The first-order valence-corrected chi connectivity index (χ1v) is 12.6. The first-order valence-electron chi connectivity index (χ1n) is 11.3. The summed E-state index contributed by atoms with van der Waals surface area (Å²) in [6, 6.07) is 14.5. The summed E-state index contributed by atoms with van der Waals surface area (Å²) in [5, 5.41) is 14.3. The largest absolute Gasteiger partial charge is 0.461 e. The van der Waals surface area contributed by atoms with Crippen molar-refractivity contribution in [2.24, 2.45) is 0 Å². The van der Waals surface area contributed by atoms with Gasteiger partial charge in [0.2, 0.25) is 0 Å². The normalized spacial score (nSPS) is 17.7. The number of esters is 1. The standard InChI is InChI=1S/C25H25N3O5S/c1-2-33-25(31)22-20-15-34(32)21-9-4-3-8-19(21)23(20)28(26-22)17-7-5-6-16(14-17)24(30)27-12-10-18(29)11-13-27/h3-9,14,18,29H,2,10-13,15H2,1H3. The van der Waals surface area contributed by atoms with Crippen LogP contribution in [-0.2, 0) is 21.3 Å². The zero-order chi connectivity index (χ0) is 23.8. The Hall–Kier alpha value is -3.30. The number of nitrogens with zero attached hydrogens (tertiary/aromatic N) is 3. The highest BCUT2D eigenvalue weighted by atomic mass is 32.2. The lowest BCUT2D eigenvalue weighted by molar-refractivity contribution is 0.0514. The quantitative estimate of drug-likeness (QED) is 0.578. The number of carbonyl (C=O) groups is 2. The van der Waals surface area contributed by atoms with E-state index in [4.69, 9.17) is 4.74 Å². The highest BCUT2D eigenvalue weighted by Crippen LogP contribution is 2.39. The van der Waals surface area contributed by atoms with Gasteiger partial charge in [0, 0.05) is 34.7 Å². The van der Waals surface area contributed by atoms with Gasteiger partial charge in [0.05, 0.1) is 40.6 Å². The highest BCUT2D eigenvalue weighted by Gasteiger charge is 2.33. The van der Waals surface area contributed by atoms with Crippen LogP contribution in [0.5, 0.6) is 0 Å². The van der Waals surface area contributed by atoms with Crippen LogP contribution in [0, 0.1) is 0 Å². The van der Waals surface area contributed by atoms with Crippen molar-refractivity contribution in [2.45, 2.75) is 36.5 Å². The molecule has 5 rings (SSSR count). The van der Waals surface area contributed by atoms with E-state index in [1.54, 1.807) is 34.7 Å². The van der Waals surface area contributed by atoms with Gasteiger partial charge in [0.15, 0.2) is 5.69 Å². The number of fused-ring (bicyclic) bond motifs is 3. The minimum atomic E-state index is -1.31. The molecular weight excluding hydrogens is 454 g/mol. The number of hydrogen-bond acceptors (Lipinski definition) is 6. The molecule has 8 nitrogen and oxygen atoms in total. The zero-order valence-corrected chi connectivity index (χ0v) is 19.6. The second-order valence-electron chi connectivity index (χ2n) is 8.37. The molecule has 0 radical (unpaired) electrons. The molecule has 176 valence electrons. The van der Waals surface area contributed by atoms with E-state index in [1.807, 2.05) is 30.3 Å². The number of hydrogen-bond donors (Lipinski definition) is 1. The van der Waals surface area contributed by atoms with Crippen LogP contribution < -0.4 is 0 Å². The fourth-order valence-electron chi connectivity index (χ4n) is 4.51. The van der Waals surface area contributed by atoms with Gasteiger partial charge in [0.1, 0.15) is 0 Å². The van der Waals surface area contributed by atoms with Crippen LogP contribution in [0.2, 0.25) is 0 Å². The SMILES string of the molecule is CCOC(=O)c1nn(-c2cccc(C(=O)N3CCC(O)CC3)c2)c2c1CS(=O)c1ccccc1-2. The van der Waals surface area contributed by atoms with Gasteiger partial charge in [-0.25, -0.2) is 9.48 Å². The summed E-state index contributed by atoms with van der Waals surface area (Å²) in [6.45, 7) is 2.94. The Morgan fingerprint density at radius 2 is 1.91 bits per heavy atom. The number of carbonyl (C=O) groups excluding carboxylic acids is 2. The molecular formula is C25H25N3O5S. The first kappa shape index (κ1) is 22.5. The van der Waals surface area contributed by atoms with E-state index in [2.05, 4.69) is 5.10 Å². The molecule has 2 aliphatic rings. The summed E-state index contributed by atoms with van der Waals surface area (Å²) in [5.74, 6) is -0.509. The van der Waals surface area contributed by atoms with Crippen molar-refractivity contribution in [3.63, 3.8) is 0 Å². The lowest BCUT2D eigenvalue weighted by Crippen LogP contribution is -2.40. The fourth-order valence-corrected chi connectivity index (χ4v) is 5.84. The van der Waals surface area contributed by atoms with Gasteiger partial charge in [-0.3, -0.25) is 9.00 Å². The summed E-state index contributed by atoms with van der Waals surface area (Å²) in [6.07, 6.45) is 0.766. The molecule has 1 aromatic heterocycles. The van der Waals surface area contributed by atoms with Gasteiger partial charge < -0.3 is 14.7 Å². The maximum absolute atomic E-state index is 13.1. The Bertz CT molecular complexity index is 1290. The summed E-state index contributed by atoms with van der Waals surface area (Å²) >= 11 is 0. The molecule has 9 heteroatoms. The van der Waals surface area contributed by atoms with Crippen LogP contribution >= 0.6 is 0 Å². The third kappa shape index (κ3) is 3.95. The fraction of sp³-hybridized carbons (Fsp3) is 0.320. The molecule has 0 saturated carbocycles. The second kappa shape index (κ2) is 9.15. The van der Waals surface area contributed by atoms with Gasteiger partial charge in [-0.2, -0.15) is 5.10 Å². The average Bonchev–Trinajstić information content (AvgIpc) is 3.24. The molecule has 2 aromatic carbocycles. The lowest BCUT2D eigenvalue weighted by atomic mass is 10.0. The molecule has 0 aliphatic carbocycles. The Balaban J connectivity index is 1.61. The Labute approximate surface area is 199 Å². The number of piperidine rings is 1. The van der Waals surface area contributed by atoms with Gasteiger partial charge in [-0.15, -0.1) is 0 Å². The van der Waals surface area contributed by atoms with Crippen molar-refractivity contribution < 1.29 is 23.6 Å². The van der Waals surface area contributed by atoms with E-state index in [0.717, 1.165) is 5.56 Å². The van der Waals surface area contributed by atoms with E-state index in [-0.39, 0.29) is 30.1 Å². The minimum absolute atomic E-state index is 0.109. The van der Waals surface area contributed by atoms with Crippen molar-refractivity contribution in [1.29, 1.82) is 0 Å². The molecule has 34 heavy (non-hydrogen) atoms. The number of rotatable bonds is 4. The predicted molar refractivity (Wildman–Crippen MR) is 126 cm³/mol. The van der Waals surface area contributed by atoms with E-state index in [1.165, 1.54) is 0 Å². The smallest absolute Gasteiger partial charge is 0.359 e. The number of aliphatic hydroxyl groups excluding tert-OH is 1. The van der Waals surface area contributed by atoms with Crippen LogP contribution in [0.4, 0.5) is 0 Å². The summed E-state index contributed by atoms with van der Waals surface area (Å²) in [5.41, 5.74) is 3.27. The van der Waals surface area contributed by atoms with Crippen molar-refractivity contribution in [1.82, 2.24) is 14.7 Å². The molecule has 1 unspecified atom stereocenters. The van der Waals surface area contributed by atoms with E-state index < -0.39 is 16.8 Å². The Kier molecular flexibility index (Phi) is 6.05. The molecule has 3 aromatic rings. The number of amides is 1. The third-order valence-electron chi connectivity index (χ3n) is 6.20. The highest BCUT2D eigenvalue weighted by molar-refractivity contribution is 7.84. The maximum atomic E-state index is 13.1. The van der Waals surface area contributed by atoms with Gasteiger partial charge in [0.25, 0.3) is 5.91 Å². The average molecular weight is 480 g/mol. The molecule has 0 bridgehead atoms. The van der Waals surface area contributed by atoms with Crippen LogP contribution in [0.25, 0.3) is 16.9 Å². The Morgan fingerprint density at radius 3 is 2.68 bits per heavy atom. The van der Waals surface area contributed by atoms with Gasteiger partial charge in [-0.05, 0) is 44.0 Å². The van der Waals surface area contributed by atoms with Crippen molar-refractivity contribution in [2.75, 3.05) is 19.7 Å². The van der Waals surface area contributed by atoms with Crippen molar-refractivity contribution in [3.8, 4) is 16.9 Å². The van der Waals surface area contributed by atoms with E-state index >= 15 is 0 Å². The van der Waals surface area contributed by atoms with Crippen molar-refractivity contribution in [3.05, 3.63) is 65.4 Å². The van der Waals surface area contributed by atoms with Crippen LogP contribution in [0.15, 0.2) is 53.4 Å². The maximum Gasteiger partial charge on any atom is 0.359 e. The molecule has 0 spiro atoms. The summed E-state index contributed by atoms with van der Waals surface area (Å²) in [4.78, 5) is 28.3. The molecule has 1 N–H and O–H groups in total. The Morgan fingerprint density at radius 1 is 1.15 bits per heavy atom. The number of benzene rings is 2. The molecule has 1 amide bonds. The number of aromatic nitrogens is 2. The minimum Gasteiger partial charge on any atom is -0.461 e. The zero-order valence-electron chi connectivity index (χ0n) is 18.8. The molecule has 1 saturated heterocycles. The van der Waals surface area contributed by atoms with Gasteiger partial charge in [-0.1, -0.05) is 24.3 Å². The number of ether oxygens (including phenoxy) is 1. The molecule has 2 aliphatic heterocycles. The summed E-state index contributed by atoms with van der Waals surface area (Å²) < 4.78 is 19.8. The first-order chi connectivity index (χ1) is 16.5. The third-order valence-corrected chi connectivity index (χ3v) is 7.60. The van der Waals surface area contributed by atoms with E-state index in [0.29, 0.717) is 53.3 Å². The number of aliphatic hydroxyl groups is 1. The molecule has 1 atom stereocenters. The van der Waals surface area contributed by atoms with Gasteiger partial charge >= 0.3 is 5.97 Å². The molecule has 1 fully saturated rings. The van der Waals surface area contributed by atoms with E-state index in [9.17, 15) is 18.9 Å². The van der Waals surface area contributed by atoms with Crippen LogP contribution in [-0.4, -0.2) is 61.7 Å². The molecule has 3 heterocycles. The van der Waals surface area contributed by atoms with Crippen LogP contribution in [0.1, 0.15) is 46.2 Å². The monoisotopic (exact) mass is 479 g/mol. The predicted octanol–water partition coefficient (Wildman–Crippen LogP) is 2.93.